The first-order chi connectivity index (χ1) is 5.54. The van der Waals surface area contributed by atoms with Crippen molar-refractivity contribution in [3.63, 3.8) is 0 Å². The number of hydrogen-bond acceptors (Lipinski definition) is 6. The van der Waals surface area contributed by atoms with Crippen molar-refractivity contribution < 1.29 is 14.5 Å². The highest BCUT2D eigenvalue weighted by Gasteiger charge is 2.19. The predicted octanol–water partition coefficient (Wildman–Crippen LogP) is -0.744. The Morgan fingerprint density at radius 3 is 2.50 bits per heavy atom. The highest BCUT2D eigenvalue weighted by atomic mass is 16.6. The van der Waals surface area contributed by atoms with Gasteiger partial charge in [0, 0.05) is 0 Å². The lowest BCUT2D eigenvalue weighted by molar-refractivity contribution is -0.415. The van der Waals surface area contributed by atoms with Crippen LogP contribution < -0.4 is 5.73 Å². The summed E-state index contributed by atoms with van der Waals surface area (Å²) in [4.78, 5) is 19.8. The lowest BCUT2D eigenvalue weighted by Gasteiger charge is -1.97. The number of carbonyl (C=O) groups excluding carboxylic acids is 1. The van der Waals surface area contributed by atoms with E-state index in [1.54, 1.807) is 0 Å². The summed E-state index contributed by atoms with van der Waals surface area (Å²) in [6, 6.07) is 0. The van der Waals surface area contributed by atoms with E-state index in [-0.39, 0.29) is 0 Å². The highest BCUT2D eigenvalue weighted by molar-refractivity contribution is 5.93. The quantitative estimate of drug-likeness (QED) is 0.191. The smallest absolute Gasteiger partial charge is 0.361 e. The first kappa shape index (κ1) is 10.1. The van der Waals surface area contributed by atoms with Gasteiger partial charge in [0.05, 0.1) is 18.2 Å². The molecule has 0 spiro atoms. The minimum absolute atomic E-state index is 0.381. The van der Waals surface area contributed by atoms with Gasteiger partial charge in [-0.2, -0.15) is 0 Å². The number of hydrogen-bond donors (Lipinski definition) is 2. The molecule has 0 aromatic carbocycles. The fraction of sp³-hybridized carbons (Fsp3) is 0.200. The third kappa shape index (κ3) is 2.04. The van der Waals surface area contributed by atoms with Crippen molar-refractivity contribution in [3.8, 4) is 0 Å². The van der Waals surface area contributed by atoms with Gasteiger partial charge in [0.15, 0.2) is 5.70 Å². The summed E-state index contributed by atoms with van der Waals surface area (Å²) in [6.07, 6.45) is 0.381. The van der Waals surface area contributed by atoms with E-state index in [0.717, 1.165) is 7.11 Å². The molecular weight excluding hydrogens is 166 g/mol. The Kier molecular flexibility index (Phi) is 3.41. The molecule has 0 rings (SSSR count). The number of allylic oxidation sites excluding steroid dienone is 1. The Morgan fingerprint density at radius 2 is 2.25 bits per heavy atom. The van der Waals surface area contributed by atoms with Crippen molar-refractivity contribution in [1.82, 2.24) is 0 Å². The van der Waals surface area contributed by atoms with Gasteiger partial charge in [0.25, 0.3) is 0 Å². The number of nitrogens with one attached hydrogen (secondary N) is 1. The van der Waals surface area contributed by atoms with Crippen molar-refractivity contribution in [2.45, 2.75) is 0 Å². The number of carbonyl (C=O) groups is 1. The number of methoxy groups -OCH3 is 1. The zero-order valence-electron chi connectivity index (χ0n) is 6.23. The first-order valence-corrected chi connectivity index (χ1v) is 2.77. The molecule has 0 amide bonds. The second-order valence-electron chi connectivity index (χ2n) is 1.69. The topological polar surface area (TPSA) is 119 Å². The molecule has 0 unspecified atom stereocenters. The lowest BCUT2D eigenvalue weighted by atomic mass is 10.3. The van der Waals surface area contributed by atoms with E-state index >= 15 is 0 Å². The largest absolute Gasteiger partial charge is 0.464 e. The molecule has 66 valence electrons. The first-order valence-electron chi connectivity index (χ1n) is 2.77. The molecule has 12 heavy (non-hydrogen) atoms. The molecule has 0 fully saturated rings. The molecule has 7 heteroatoms. The Labute approximate surface area is 67.5 Å². The average Bonchev–Trinajstić information content (AvgIpc) is 2.03. The van der Waals surface area contributed by atoms with Crippen molar-refractivity contribution in [2.75, 3.05) is 7.11 Å². The average molecular weight is 173 g/mol. The summed E-state index contributed by atoms with van der Waals surface area (Å²) >= 11 is 0. The Hall–Kier alpha value is -1.92. The van der Waals surface area contributed by atoms with Gasteiger partial charge in [0.2, 0.25) is 0 Å². The molecule has 0 atom stereocenters. The number of ether oxygens (including phenoxy) is 1. The van der Waals surface area contributed by atoms with Crippen LogP contribution in [-0.4, -0.2) is 24.2 Å². The van der Waals surface area contributed by atoms with E-state index in [0.29, 0.717) is 6.21 Å². The summed E-state index contributed by atoms with van der Waals surface area (Å²) in [6.45, 7) is 0. The maximum absolute atomic E-state index is 10.6. The van der Waals surface area contributed by atoms with Crippen molar-refractivity contribution in [2.24, 2.45) is 5.73 Å². The normalized spacial score (nSPS) is 11.4. The summed E-state index contributed by atoms with van der Waals surface area (Å²) in [5.41, 5.74) is 3.54. The van der Waals surface area contributed by atoms with Gasteiger partial charge in [-0.05, 0) is 0 Å². The minimum atomic E-state index is -1.02. The molecule has 0 aliphatic heterocycles. The molecule has 0 aromatic rings. The number of esters is 1. The number of nitrogens with zero attached hydrogens (tertiary/aromatic N) is 1. The van der Waals surface area contributed by atoms with Crippen LogP contribution in [0, 0.1) is 15.5 Å². The molecule has 0 aromatic heterocycles. The molecule has 3 N–H and O–H groups in total. The molecule has 7 nitrogen and oxygen atoms in total. The molecular formula is C5H7N3O4. The van der Waals surface area contributed by atoms with Crippen molar-refractivity contribution in [3.05, 3.63) is 21.5 Å². The van der Waals surface area contributed by atoms with Crippen LogP contribution in [-0.2, 0) is 9.53 Å². The standard InChI is InChI=1S/C5H7N3O4/c1-12-5(9)4(7)3(2-6)8(10)11/h2,6H,7H2,1H3/b4-3+,6-2?. The van der Waals surface area contributed by atoms with Crippen LogP contribution in [0.15, 0.2) is 11.4 Å². The summed E-state index contributed by atoms with van der Waals surface area (Å²) in [5.74, 6) is -1.02. The van der Waals surface area contributed by atoms with E-state index < -0.39 is 22.3 Å². The summed E-state index contributed by atoms with van der Waals surface area (Å²) in [7, 11) is 1.04. The van der Waals surface area contributed by atoms with Crippen molar-refractivity contribution in [1.29, 1.82) is 5.41 Å². The highest BCUT2D eigenvalue weighted by Crippen LogP contribution is 1.98. The van der Waals surface area contributed by atoms with Crippen LogP contribution in [0.1, 0.15) is 0 Å². The molecule has 0 bridgehead atoms. The summed E-state index contributed by atoms with van der Waals surface area (Å²) < 4.78 is 4.12. The SMILES string of the molecule is COC(=O)/C(N)=C(/C=N)[N+](=O)[O-]. The number of nitro groups is 1. The van der Waals surface area contributed by atoms with Crippen LogP contribution >= 0.6 is 0 Å². The van der Waals surface area contributed by atoms with Crippen LogP contribution in [0.4, 0.5) is 0 Å². The summed E-state index contributed by atoms with van der Waals surface area (Å²) in [5, 5.41) is 16.7. The maximum atomic E-state index is 10.6. The van der Waals surface area contributed by atoms with Crippen molar-refractivity contribution >= 4 is 12.2 Å². The second-order valence-corrected chi connectivity index (χ2v) is 1.69. The predicted molar refractivity (Wildman–Crippen MR) is 39.0 cm³/mol. The molecule has 0 heterocycles. The van der Waals surface area contributed by atoms with E-state index in [2.05, 4.69) is 4.74 Å². The maximum Gasteiger partial charge on any atom is 0.361 e. The van der Waals surface area contributed by atoms with E-state index in [4.69, 9.17) is 11.1 Å². The van der Waals surface area contributed by atoms with Crippen LogP contribution in [0.25, 0.3) is 0 Å². The van der Waals surface area contributed by atoms with Gasteiger partial charge in [-0.25, -0.2) is 4.79 Å². The molecule has 0 aliphatic carbocycles. The lowest BCUT2D eigenvalue weighted by Crippen LogP contribution is -2.19. The van der Waals surface area contributed by atoms with Gasteiger partial charge in [-0.15, -0.1) is 0 Å². The molecule has 0 aliphatic rings. The third-order valence-corrected chi connectivity index (χ3v) is 1.01. The number of nitrogens with two attached hydrogens (primary N) is 1. The fourth-order valence-electron chi connectivity index (χ4n) is 0.443. The molecule has 0 radical (unpaired) electrons. The Balaban J connectivity index is 4.97. The number of rotatable bonds is 3. The molecule has 0 saturated carbocycles. The van der Waals surface area contributed by atoms with Gasteiger partial charge in [0.1, 0.15) is 0 Å². The van der Waals surface area contributed by atoms with Crippen LogP contribution in [0.2, 0.25) is 0 Å². The van der Waals surface area contributed by atoms with Gasteiger partial charge in [-0.3, -0.25) is 10.1 Å². The van der Waals surface area contributed by atoms with Crippen LogP contribution in [0.3, 0.4) is 0 Å². The van der Waals surface area contributed by atoms with E-state index in [1.165, 1.54) is 0 Å². The second kappa shape index (κ2) is 4.06. The third-order valence-electron chi connectivity index (χ3n) is 1.01. The van der Waals surface area contributed by atoms with Gasteiger partial charge in [-0.1, -0.05) is 0 Å². The Bertz CT molecular complexity index is 257. The van der Waals surface area contributed by atoms with Crippen LogP contribution in [0.5, 0.6) is 0 Å². The van der Waals surface area contributed by atoms with Gasteiger partial charge >= 0.3 is 11.7 Å². The molecule has 0 saturated heterocycles. The van der Waals surface area contributed by atoms with Gasteiger partial charge < -0.3 is 15.9 Å². The van der Waals surface area contributed by atoms with E-state index in [9.17, 15) is 14.9 Å². The zero-order chi connectivity index (χ0) is 9.72. The zero-order valence-corrected chi connectivity index (χ0v) is 6.23. The van der Waals surface area contributed by atoms with E-state index in [1.807, 2.05) is 0 Å². The monoisotopic (exact) mass is 173 g/mol. The fourth-order valence-corrected chi connectivity index (χ4v) is 0.443. The minimum Gasteiger partial charge on any atom is -0.464 e. The Morgan fingerprint density at radius 1 is 1.75 bits per heavy atom.